The van der Waals surface area contributed by atoms with E-state index in [4.69, 9.17) is 5.73 Å². The molecule has 0 aliphatic rings. The van der Waals surface area contributed by atoms with Gasteiger partial charge in [-0.2, -0.15) is 5.10 Å². The molecule has 0 fully saturated rings. The van der Waals surface area contributed by atoms with E-state index in [0.29, 0.717) is 28.4 Å². The summed E-state index contributed by atoms with van der Waals surface area (Å²) in [5, 5.41) is 11.3. The topological polar surface area (TPSA) is 98.0 Å². The Morgan fingerprint density at radius 1 is 1.60 bits per heavy atom. The number of carbonyl (C=O) groups is 1. The van der Waals surface area contributed by atoms with E-state index in [9.17, 15) is 9.00 Å². The number of carbonyl (C=O) groups excluding carboxylic acids is 1. The normalized spacial score (nSPS) is 14.1. The minimum Gasteiger partial charge on any atom is -0.397 e. The van der Waals surface area contributed by atoms with Crippen LogP contribution in [0.4, 0.5) is 5.69 Å². The fourth-order valence-corrected chi connectivity index (χ4v) is 3.08. The lowest BCUT2D eigenvalue weighted by atomic mass is 10.2. The van der Waals surface area contributed by atoms with Gasteiger partial charge in [0.15, 0.2) is 0 Å². The van der Waals surface area contributed by atoms with Crippen molar-refractivity contribution in [2.45, 2.75) is 18.6 Å². The quantitative estimate of drug-likeness (QED) is 0.863. The van der Waals surface area contributed by atoms with E-state index in [-0.39, 0.29) is 11.2 Å². The highest BCUT2D eigenvalue weighted by Crippen LogP contribution is 2.31. The van der Waals surface area contributed by atoms with Gasteiger partial charge in [0.2, 0.25) is 0 Å². The van der Waals surface area contributed by atoms with Gasteiger partial charge in [0, 0.05) is 34.2 Å². The minimum atomic E-state index is -0.878. The van der Waals surface area contributed by atoms with Crippen LogP contribution in [0.15, 0.2) is 12.3 Å². The molecule has 20 heavy (non-hydrogen) atoms. The number of nitrogens with zero attached hydrogens (tertiary/aromatic N) is 2. The average molecular weight is 312 g/mol. The maximum absolute atomic E-state index is 12.1. The molecule has 0 aliphatic heterocycles. The second-order valence-electron chi connectivity index (χ2n) is 4.45. The van der Waals surface area contributed by atoms with E-state index >= 15 is 0 Å². The molecule has 8 heteroatoms. The zero-order valence-corrected chi connectivity index (χ0v) is 12.9. The Hall–Kier alpha value is -1.54. The summed E-state index contributed by atoms with van der Waals surface area (Å²) >= 11 is 1.23. The van der Waals surface area contributed by atoms with E-state index in [1.54, 1.807) is 18.5 Å². The molecule has 2 unspecified atom stereocenters. The van der Waals surface area contributed by atoms with Gasteiger partial charge in [-0.3, -0.25) is 9.00 Å². The fourth-order valence-electron chi connectivity index (χ4n) is 1.68. The molecule has 1 amide bonds. The molecule has 0 aromatic carbocycles. The van der Waals surface area contributed by atoms with Crippen LogP contribution in [0.2, 0.25) is 0 Å². The van der Waals surface area contributed by atoms with Crippen molar-refractivity contribution in [3.8, 4) is 0 Å². The predicted octanol–water partition coefficient (Wildman–Crippen LogP) is 1.16. The van der Waals surface area contributed by atoms with Crippen LogP contribution in [0.5, 0.6) is 0 Å². The van der Waals surface area contributed by atoms with Gasteiger partial charge in [0.1, 0.15) is 9.71 Å². The van der Waals surface area contributed by atoms with Crippen LogP contribution in [-0.4, -0.2) is 38.4 Å². The number of hydrogen-bond acceptors (Lipinski definition) is 6. The minimum absolute atomic E-state index is 0.0564. The van der Waals surface area contributed by atoms with Gasteiger partial charge in [0.25, 0.3) is 5.91 Å². The number of anilines is 1. The van der Waals surface area contributed by atoms with Crippen LogP contribution in [0, 0.1) is 0 Å². The van der Waals surface area contributed by atoms with Gasteiger partial charge in [0.05, 0.1) is 11.9 Å². The van der Waals surface area contributed by atoms with Crippen LogP contribution < -0.4 is 11.1 Å². The first kappa shape index (κ1) is 14.9. The van der Waals surface area contributed by atoms with E-state index in [1.165, 1.54) is 11.3 Å². The van der Waals surface area contributed by atoms with Crippen LogP contribution in [-0.2, 0) is 10.8 Å². The maximum atomic E-state index is 12.1. The van der Waals surface area contributed by atoms with E-state index in [0.717, 1.165) is 5.39 Å². The molecule has 3 N–H and O–H groups in total. The number of amides is 1. The van der Waals surface area contributed by atoms with Gasteiger partial charge in [-0.25, -0.2) is 0 Å². The number of thiophene rings is 1. The van der Waals surface area contributed by atoms with Crippen molar-refractivity contribution in [3.05, 3.63) is 17.1 Å². The molecule has 2 atom stereocenters. The van der Waals surface area contributed by atoms with Gasteiger partial charge in [-0.05, 0) is 12.5 Å². The Labute approximate surface area is 123 Å². The number of nitrogens with two attached hydrogens (primary N) is 1. The molecular formula is C12H16N4O2S2. The van der Waals surface area contributed by atoms with Gasteiger partial charge >= 0.3 is 0 Å². The fraction of sp³-hybridized carbons (Fsp3) is 0.417. The van der Waals surface area contributed by atoms with E-state index in [1.807, 2.05) is 6.92 Å². The molecule has 108 valence electrons. The van der Waals surface area contributed by atoms with E-state index < -0.39 is 10.8 Å². The van der Waals surface area contributed by atoms with E-state index in [2.05, 4.69) is 15.5 Å². The lowest BCUT2D eigenvalue weighted by Gasteiger charge is -2.08. The van der Waals surface area contributed by atoms with Gasteiger partial charge in [-0.15, -0.1) is 16.4 Å². The molecule has 2 aromatic rings. The Kier molecular flexibility index (Phi) is 4.66. The number of rotatable bonds is 5. The molecule has 2 rings (SSSR count). The Morgan fingerprint density at radius 3 is 3.00 bits per heavy atom. The maximum Gasteiger partial charge on any atom is 0.263 e. The van der Waals surface area contributed by atoms with Crippen LogP contribution in [0.3, 0.4) is 0 Å². The third-order valence-corrected chi connectivity index (χ3v) is 5.50. The largest absolute Gasteiger partial charge is 0.397 e. The number of nitrogens with one attached hydrogen (secondary N) is 1. The van der Waals surface area contributed by atoms with Crippen molar-refractivity contribution in [1.29, 1.82) is 0 Å². The zero-order valence-electron chi connectivity index (χ0n) is 11.3. The first-order chi connectivity index (χ1) is 9.50. The highest BCUT2D eigenvalue weighted by Gasteiger charge is 2.17. The molecule has 0 spiro atoms. The van der Waals surface area contributed by atoms with Crippen LogP contribution in [0.25, 0.3) is 10.2 Å². The molecule has 0 bridgehead atoms. The summed E-state index contributed by atoms with van der Waals surface area (Å²) in [5.74, 6) is -0.223. The van der Waals surface area contributed by atoms with Crippen LogP contribution in [0.1, 0.15) is 23.0 Å². The first-order valence-corrected chi connectivity index (χ1v) is 8.54. The van der Waals surface area contributed by atoms with Crippen molar-refractivity contribution in [1.82, 2.24) is 15.5 Å². The summed E-state index contributed by atoms with van der Waals surface area (Å²) in [4.78, 5) is 13.2. The zero-order chi connectivity index (χ0) is 14.7. The molecule has 2 aromatic heterocycles. The molecule has 0 aliphatic carbocycles. The van der Waals surface area contributed by atoms with Gasteiger partial charge in [-0.1, -0.05) is 6.92 Å². The van der Waals surface area contributed by atoms with Crippen molar-refractivity contribution in [2.75, 3.05) is 18.5 Å². The van der Waals surface area contributed by atoms with Crippen molar-refractivity contribution >= 4 is 43.9 Å². The van der Waals surface area contributed by atoms with Gasteiger partial charge < -0.3 is 11.1 Å². The summed E-state index contributed by atoms with van der Waals surface area (Å²) in [6.07, 6.45) is 3.87. The number of hydrogen-bond donors (Lipinski definition) is 2. The third kappa shape index (κ3) is 3.13. The summed E-state index contributed by atoms with van der Waals surface area (Å²) in [7, 11) is -0.878. The van der Waals surface area contributed by atoms with Crippen molar-refractivity contribution < 1.29 is 9.00 Å². The molecule has 6 nitrogen and oxygen atoms in total. The summed E-state index contributed by atoms with van der Waals surface area (Å²) in [6, 6.07) is 1.74. The van der Waals surface area contributed by atoms with Crippen LogP contribution >= 0.6 is 11.3 Å². The molecule has 0 saturated heterocycles. The van der Waals surface area contributed by atoms with Crippen molar-refractivity contribution in [3.63, 3.8) is 0 Å². The number of aromatic nitrogens is 2. The third-order valence-electron chi connectivity index (χ3n) is 3.03. The van der Waals surface area contributed by atoms with Crippen molar-refractivity contribution in [2.24, 2.45) is 0 Å². The number of nitrogen functional groups attached to an aromatic ring is 1. The molecule has 2 heterocycles. The standard InChI is InChI=1S/C12H16N4O2S2/c1-7(20(2)18)3-5-14-11(17)10-9(13)8-4-6-15-16-12(8)19-10/h4,6-7H,3,5,13H2,1-2H3,(H,14,17). The highest BCUT2D eigenvalue weighted by molar-refractivity contribution is 7.84. The number of fused-ring (bicyclic) bond motifs is 1. The second-order valence-corrected chi connectivity index (χ2v) is 7.25. The lowest BCUT2D eigenvalue weighted by molar-refractivity contribution is 0.0958. The Bertz CT molecular complexity index is 656. The summed E-state index contributed by atoms with van der Waals surface area (Å²) in [6.45, 7) is 2.37. The molecule has 0 saturated carbocycles. The first-order valence-electron chi connectivity index (χ1n) is 6.10. The summed E-state index contributed by atoms with van der Waals surface area (Å²) in [5.41, 5.74) is 6.39. The second kappa shape index (κ2) is 6.27. The lowest BCUT2D eigenvalue weighted by Crippen LogP contribution is -2.27. The predicted molar refractivity (Wildman–Crippen MR) is 82.3 cm³/mol. The SMILES string of the molecule is CC(CCNC(=O)c1sc2nnccc2c1N)S(C)=O. The Balaban J connectivity index is 2.04. The highest BCUT2D eigenvalue weighted by atomic mass is 32.2. The molecular weight excluding hydrogens is 296 g/mol. The summed E-state index contributed by atoms with van der Waals surface area (Å²) < 4.78 is 11.2. The molecule has 0 radical (unpaired) electrons. The average Bonchev–Trinajstić information content (AvgIpc) is 2.76. The Morgan fingerprint density at radius 2 is 2.35 bits per heavy atom. The monoisotopic (exact) mass is 312 g/mol. The smallest absolute Gasteiger partial charge is 0.263 e.